The van der Waals surface area contributed by atoms with Crippen molar-refractivity contribution in [2.24, 2.45) is 4.99 Å². The highest BCUT2D eigenvalue weighted by atomic mass is 127. The lowest BCUT2D eigenvalue weighted by Gasteiger charge is -2.16. The molecule has 1 aromatic heterocycles. The van der Waals surface area contributed by atoms with Crippen LogP contribution in [0.15, 0.2) is 33.7 Å². The summed E-state index contributed by atoms with van der Waals surface area (Å²) in [5.41, 5.74) is 1.24. The van der Waals surface area contributed by atoms with Crippen LogP contribution in [-0.2, 0) is 6.54 Å². The molecule has 0 saturated carbocycles. The van der Waals surface area contributed by atoms with Gasteiger partial charge in [0.05, 0.1) is 11.8 Å². The van der Waals surface area contributed by atoms with Gasteiger partial charge < -0.3 is 24.9 Å². The lowest BCUT2D eigenvalue weighted by molar-refractivity contribution is -0.274. The van der Waals surface area contributed by atoms with Crippen LogP contribution in [0, 0.1) is 13.8 Å². The van der Waals surface area contributed by atoms with Crippen molar-refractivity contribution >= 4 is 29.9 Å². The first-order chi connectivity index (χ1) is 13.2. The summed E-state index contributed by atoms with van der Waals surface area (Å²) >= 11 is 0. The third kappa shape index (κ3) is 8.48. The van der Waals surface area contributed by atoms with Crippen molar-refractivity contribution in [1.82, 2.24) is 15.6 Å². The quantitative estimate of drug-likeness (QED) is 0.289. The normalized spacial score (nSPS) is 12.9. The van der Waals surface area contributed by atoms with Crippen molar-refractivity contribution in [3.05, 3.63) is 47.2 Å². The van der Waals surface area contributed by atoms with Crippen LogP contribution in [-0.4, -0.2) is 35.5 Å². The highest BCUT2D eigenvalue weighted by Crippen LogP contribution is 2.24. The van der Waals surface area contributed by atoms with Crippen molar-refractivity contribution in [2.75, 3.05) is 13.1 Å². The molecular formula is C18H24F3IN4O3. The van der Waals surface area contributed by atoms with Crippen LogP contribution in [0.1, 0.15) is 35.9 Å². The summed E-state index contributed by atoms with van der Waals surface area (Å²) in [5, 5.41) is 16.2. The monoisotopic (exact) mass is 528 g/mol. The number of halogens is 4. The molecule has 2 aromatic rings. The number of aromatic nitrogens is 1. The SMILES string of the molecule is CCNC(=NCc1nc(C)c(C)o1)NCC(O)c1ccc(OC(F)(F)F)cc1.I. The third-order valence-electron chi connectivity index (χ3n) is 3.75. The second-order valence-electron chi connectivity index (χ2n) is 5.96. The summed E-state index contributed by atoms with van der Waals surface area (Å²) in [4.78, 5) is 8.59. The second kappa shape index (κ2) is 11.2. The van der Waals surface area contributed by atoms with Gasteiger partial charge in [0, 0.05) is 13.1 Å². The molecule has 0 fully saturated rings. The molecule has 1 unspecified atom stereocenters. The molecule has 0 spiro atoms. The molecule has 0 aliphatic heterocycles. The average Bonchev–Trinajstić information content (AvgIpc) is 2.94. The Morgan fingerprint density at radius 1 is 1.24 bits per heavy atom. The number of alkyl halides is 3. The zero-order valence-electron chi connectivity index (χ0n) is 16.2. The number of hydrogen-bond donors (Lipinski definition) is 3. The lowest BCUT2D eigenvalue weighted by Crippen LogP contribution is -2.39. The van der Waals surface area contributed by atoms with Gasteiger partial charge in [-0.15, -0.1) is 37.1 Å². The number of aliphatic hydroxyl groups excluding tert-OH is 1. The van der Waals surface area contributed by atoms with Crippen LogP contribution in [0.3, 0.4) is 0 Å². The zero-order chi connectivity index (χ0) is 20.7. The number of aryl methyl sites for hydroxylation is 2. The van der Waals surface area contributed by atoms with Crippen LogP contribution in [0.25, 0.3) is 0 Å². The topological polar surface area (TPSA) is 91.9 Å². The molecule has 7 nitrogen and oxygen atoms in total. The van der Waals surface area contributed by atoms with E-state index in [2.05, 4.69) is 25.3 Å². The molecular weight excluding hydrogens is 504 g/mol. The van der Waals surface area contributed by atoms with E-state index in [9.17, 15) is 18.3 Å². The van der Waals surface area contributed by atoms with Crippen molar-refractivity contribution in [3.8, 4) is 5.75 Å². The van der Waals surface area contributed by atoms with Gasteiger partial charge in [-0.1, -0.05) is 12.1 Å². The van der Waals surface area contributed by atoms with Crippen molar-refractivity contribution in [2.45, 2.75) is 39.8 Å². The average molecular weight is 528 g/mol. The predicted molar refractivity (Wildman–Crippen MR) is 112 cm³/mol. The fourth-order valence-electron chi connectivity index (χ4n) is 2.30. The van der Waals surface area contributed by atoms with E-state index in [1.807, 2.05) is 20.8 Å². The van der Waals surface area contributed by atoms with E-state index in [4.69, 9.17) is 4.42 Å². The molecule has 162 valence electrons. The Labute approximate surface area is 183 Å². The molecule has 0 radical (unpaired) electrons. The molecule has 2 rings (SSSR count). The fraction of sp³-hybridized carbons (Fsp3) is 0.444. The second-order valence-corrected chi connectivity index (χ2v) is 5.96. The number of rotatable bonds is 7. The minimum absolute atomic E-state index is 0. The number of nitrogens with zero attached hydrogens (tertiary/aromatic N) is 2. The first kappa shape index (κ1) is 25.0. The van der Waals surface area contributed by atoms with Crippen molar-refractivity contribution in [1.29, 1.82) is 0 Å². The number of aliphatic hydroxyl groups is 1. The molecule has 3 N–H and O–H groups in total. The Morgan fingerprint density at radius 3 is 2.41 bits per heavy atom. The first-order valence-corrected chi connectivity index (χ1v) is 8.66. The van der Waals surface area contributed by atoms with Crippen molar-refractivity contribution < 1.29 is 27.4 Å². The summed E-state index contributed by atoms with van der Waals surface area (Å²) in [5.74, 6) is 1.32. The Kier molecular flexibility index (Phi) is 9.70. The molecule has 0 bridgehead atoms. The van der Waals surface area contributed by atoms with E-state index < -0.39 is 12.5 Å². The van der Waals surface area contributed by atoms with Gasteiger partial charge in [0.25, 0.3) is 0 Å². The van der Waals surface area contributed by atoms with E-state index in [0.29, 0.717) is 24.0 Å². The van der Waals surface area contributed by atoms with Gasteiger partial charge >= 0.3 is 6.36 Å². The molecule has 0 saturated heterocycles. The maximum absolute atomic E-state index is 12.2. The predicted octanol–water partition coefficient (Wildman–Crippen LogP) is 3.60. The molecule has 1 aromatic carbocycles. The summed E-state index contributed by atoms with van der Waals surface area (Å²) in [7, 11) is 0. The van der Waals surface area contributed by atoms with Gasteiger partial charge in [-0.3, -0.25) is 0 Å². The van der Waals surface area contributed by atoms with Gasteiger partial charge in [-0.25, -0.2) is 9.98 Å². The van der Waals surface area contributed by atoms with E-state index in [1.165, 1.54) is 12.1 Å². The van der Waals surface area contributed by atoms with Gasteiger partial charge in [-0.2, -0.15) is 0 Å². The highest BCUT2D eigenvalue weighted by Gasteiger charge is 2.31. The Balaban J connectivity index is 0.00000420. The summed E-state index contributed by atoms with van der Waals surface area (Å²) < 4.78 is 45.8. The standard InChI is InChI=1S/C18H23F3N4O3.HI/c1-4-22-17(24-10-16-25-11(2)12(3)27-16)23-9-15(26)13-5-7-14(8-6-13)28-18(19,20)21;/h5-8,15,26H,4,9-10H2,1-3H3,(H2,22,23,24);1H. The minimum Gasteiger partial charge on any atom is -0.444 e. The Bertz CT molecular complexity index is 775. The molecule has 0 amide bonds. The van der Waals surface area contributed by atoms with Gasteiger partial charge in [-0.05, 0) is 38.5 Å². The zero-order valence-corrected chi connectivity index (χ0v) is 18.5. The number of guanidine groups is 1. The van der Waals surface area contributed by atoms with E-state index in [1.54, 1.807) is 0 Å². The molecule has 0 aliphatic rings. The summed E-state index contributed by atoms with van der Waals surface area (Å²) in [6.45, 7) is 6.50. The van der Waals surface area contributed by atoms with E-state index in [0.717, 1.165) is 23.6 Å². The van der Waals surface area contributed by atoms with Crippen LogP contribution in [0.2, 0.25) is 0 Å². The molecule has 1 atom stereocenters. The number of nitrogens with one attached hydrogen (secondary N) is 2. The van der Waals surface area contributed by atoms with Crippen LogP contribution in [0.4, 0.5) is 13.2 Å². The summed E-state index contributed by atoms with van der Waals surface area (Å²) in [6, 6.07) is 5.04. The smallest absolute Gasteiger partial charge is 0.444 e. The van der Waals surface area contributed by atoms with E-state index >= 15 is 0 Å². The van der Waals surface area contributed by atoms with E-state index in [-0.39, 0.29) is 42.8 Å². The Morgan fingerprint density at radius 2 is 1.90 bits per heavy atom. The van der Waals surface area contributed by atoms with Gasteiger partial charge in [0.1, 0.15) is 18.1 Å². The van der Waals surface area contributed by atoms with Crippen molar-refractivity contribution in [3.63, 3.8) is 0 Å². The maximum Gasteiger partial charge on any atom is 0.573 e. The third-order valence-corrected chi connectivity index (χ3v) is 3.75. The number of ether oxygens (including phenoxy) is 1. The highest BCUT2D eigenvalue weighted by molar-refractivity contribution is 14.0. The van der Waals surface area contributed by atoms with Crippen LogP contribution < -0.4 is 15.4 Å². The molecule has 1 heterocycles. The number of aliphatic imine (C=N–C) groups is 1. The largest absolute Gasteiger partial charge is 0.573 e. The van der Waals surface area contributed by atoms with Crippen LogP contribution >= 0.6 is 24.0 Å². The lowest BCUT2D eigenvalue weighted by atomic mass is 10.1. The fourth-order valence-corrected chi connectivity index (χ4v) is 2.30. The van der Waals surface area contributed by atoms with Gasteiger partial charge in [0.15, 0.2) is 5.96 Å². The first-order valence-electron chi connectivity index (χ1n) is 8.66. The number of benzene rings is 1. The Hall–Kier alpha value is -2.02. The molecule has 11 heteroatoms. The maximum atomic E-state index is 12.2. The number of hydrogen-bond acceptors (Lipinski definition) is 5. The number of oxazole rings is 1. The molecule has 29 heavy (non-hydrogen) atoms. The van der Waals surface area contributed by atoms with Gasteiger partial charge in [0.2, 0.25) is 5.89 Å². The minimum atomic E-state index is -4.75. The summed E-state index contributed by atoms with van der Waals surface area (Å²) in [6.07, 6.45) is -5.70. The van der Waals surface area contributed by atoms with Crippen LogP contribution in [0.5, 0.6) is 5.75 Å². The molecule has 0 aliphatic carbocycles.